The van der Waals surface area contributed by atoms with Gasteiger partial charge in [-0.1, -0.05) is 0 Å². The Kier molecular flexibility index (Phi) is 8.35. The number of hydrogen-bond donors (Lipinski definition) is 0. The maximum atomic E-state index is 2.59. The van der Waals surface area contributed by atoms with Gasteiger partial charge in [0, 0.05) is 0 Å². The van der Waals surface area contributed by atoms with E-state index in [1.807, 2.05) is 0 Å². The molecule has 2 aliphatic rings. The van der Waals surface area contributed by atoms with Crippen molar-refractivity contribution < 1.29 is 44.0 Å². The minimum Gasteiger partial charge on any atom is -1.00 e. The van der Waals surface area contributed by atoms with E-state index in [1.165, 1.54) is 22.3 Å². The van der Waals surface area contributed by atoms with Crippen molar-refractivity contribution in [2.24, 2.45) is 0 Å². The number of benzene rings is 3. The number of rotatable bonds is 3. The fraction of sp³-hybridized carbons (Fsp3) is 0.333. The average Bonchev–Trinajstić information content (AvgIpc) is 3.25. The van der Waals surface area contributed by atoms with E-state index < -0.39 is 0 Å². The fourth-order valence-corrected chi connectivity index (χ4v) is 13.4. The van der Waals surface area contributed by atoms with Crippen molar-refractivity contribution >= 4 is 17.9 Å². The summed E-state index contributed by atoms with van der Waals surface area (Å²) in [7, 11) is -0.286. The van der Waals surface area contributed by atoms with Gasteiger partial charge in [0.25, 0.3) is 0 Å². The number of halogens is 2. The molecule has 0 bridgehead atoms. The van der Waals surface area contributed by atoms with Crippen LogP contribution in [0.1, 0.15) is 68.0 Å². The zero-order valence-electron chi connectivity index (χ0n) is 20.9. The number of hydrogen-bond acceptors (Lipinski definition) is 0. The summed E-state index contributed by atoms with van der Waals surface area (Å²) in [5.41, 5.74) is 9.08. The molecule has 0 spiro atoms. The normalized spacial score (nSPS) is 16.0. The molecular weight excluding hydrogens is 510 g/mol. The summed E-state index contributed by atoms with van der Waals surface area (Å²) in [6, 6.07) is 25.3. The van der Waals surface area contributed by atoms with Gasteiger partial charge in [0.2, 0.25) is 0 Å². The van der Waals surface area contributed by atoms with Crippen LogP contribution in [0.5, 0.6) is 0 Å². The van der Waals surface area contributed by atoms with Crippen molar-refractivity contribution in [2.75, 3.05) is 0 Å². The monoisotopic (exact) mass is 542 g/mol. The Labute approximate surface area is 228 Å². The molecule has 0 nitrogen and oxygen atoms in total. The standard InChI is InChI=1S/C17H24P.C13H9.2ClH.Ti/c1-16(2,3)18(17(4,5)6)15-11-13-9-7-8-10-14(13)12-15;1-3-7-12-10(5-1)9-11-6-2-4-8-13(11)12;;;/h7-12H,1-6H3;1-5,7-8H,9H2;2*1H;/q;;;;+2/p-2. The Morgan fingerprint density at radius 3 is 2.06 bits per heavy atom. The van der Waals surface area contributed by atoms with E-state index in [2.05, 4.69) is 114 Å². The van der Waals surface area contributed by atoms with Gasteiger partial charge in [-0.2, -0.15) is 0 Å². The van der Waals surface area contributed by atoms with Gasteiger partial charge >= 0.3 is 205 Å². The van der Waals surface area contributed by atoms with E-state index in [0.717, 1.165) is 6.42 Å². The SMILES string of the molecule is CC(C)(C)P(C1=Cc2ccccc2[CH]1[Ti+2][c]1cccc2c1Cc1ccccc1-2)C(C)(C)C.[Cl-].[Cl-]. The van der Waals surface area contributed by atoms with Crippen molar-refractivity contribution in [3.8, 4) is 11.1 Å². The summed E-state index contributed by atoms with van der Waals surface area (Å²) in [5, 5.41) is 2.33. The fourth-order valence-electron chi connectivity index (χ4n) is 5.88. The summed E-state index contributed by atoms with van der Waals surface area (Å²) in [4.78, 5) is 0. The molecule has 1 atom stereocenters. The maximum absolute atomic E-state index is 2.59. The number of fused-ring (bicyclic) bond motifs is 4. The maximum Gasteiger partial charge on any atom is -1.00 e. The van der Waals surface area contributed by atoms with Crippen molar-refractivity contribution in [2.45, 2.75) is 62.5 Å². The van der Waals surface area contributed by atoms with Crippen LogP contribution in [0.25, 0.3) is 17.2 Å². The zero-order valence-corrected chi connectivity index (χ0v) is 24.9. The summed E-state index contributed by atoms with van der Waals surface area (Å²) in [5.74, 6) is 0. The average molecular weight is 543 g/mol. The van der Waals surface area contributed by atoms with Gasteiger partial charge < -0.3 is 24.8 Å². The molecule has 0 radical (unpaired) electrons. The van der Waals surface area contributed by atoms with Crippen LogP contribution < -0.4 is 28.7 Å². The molecule has 4 heteroatoms. The second-order valence-electron chi connectivity index (χ2n) is 11.1. The quantitative estimate of drug-likeness (QED) is 0.275. The van der Waals surface area contributed by atoms with Crippen LogP contribution in [-0.4, -0.2) is 10.3 Å². The predicted molar refractivity (Wildman–Crippen MR) is 138 cm³/mol. The first-order valence-corrected chi connectivity index (χ1v) is 14.7. The molecule has 0 aliphatic heterocycles. The van der Waals surface area contributed by atoms with Crippen molar-refractivity contribution in [1.29, 1.82) is 0 Å². The van der Waals surface area contributed by atoms with E-state index in [4.69, 9.17) is 0 Å². The Balaban J connectivity index is 0.00000162. The molecular formula is C30H33Cl2PTi. The van der Waals surface area contributed by atoms with E-state index in [0.29, 0.717) is 14.5 Å². The molecule has 5 rings (SSSR count). The van der Waals surface area contributed by atoms with Gasteiger partial charge in [0.15, 0.2) is 0 Å². The van der Waals surface area contributed by atoms with Gasteiger partial charge in [-0.05, 0) is 0 Å². The van der Waals surface area contributed by atoms with Gasteiger partial charge in [0.1, 0.15) is 0 Å². The van der Waals surface area contributed by atoms with Crippen LogP contribution in [0.4, 0.5) is 0 Å². The van der Waals surface area contributed by atoms with Gasteiger partial charge in [-0.3, -0.25) is 0 Å². The van der Waals surface area contributed by atoms with Crippen LogP contribution in [0.15, 0.2) is 72.0 Å². The third kappa shape index (κ3) is 5.00. The molecule has 34 heavy (non-hydrogen) atoms. The molecule has 2 aliphatic carbocycles. The molecule has 0 saturated carbocycles. The van der Waals surface area contributed by atoms with Crippen molar-refractivity contribution in [3.05, 3.63) is 94.3 Å². The van der Waals surface area contributed by atoms with Crippen LogP contribution in [0.3, 0.4) is 0 Å². The summed E-state index contributed by atoms with van der Waals surface area (Å²) < 4.78 is 2.26. The molecule has 0 fully saturated rings. The van der Waals surface area contributed by atoms with Gasteiger partial charge in [-0.25, -0.2) is 0 Å². The van der Waals surface area contributed by atoms with Crippen LogP contribution in [0.2, 0.25) is 0 Å². The molecule has 0 heterocycles. The van der Waals surface area contributed by atoms with Crippen LogP contribution >= 0.6 is 7.92 Å². The zero-order chi connectivity index (χ0) is 22.7. The molecule has 1 unspecified atom stereocenters. The molecule has 0 aromatic heterocycles. The van der Waals surface area contributed by atoms with E-state index in [-0.39, 0.29) is 51.9 Å². The topological polar surface area (TPSA) is 0 Å². The van der Waals surface area contributed by atoms with Crippen molar-refractivity contribution in [1.82, 2.24) is 0 Å². The smallest absolute Gasteiger partial charge is 1.00 e. The van der Waals surface area contributed by atoms with E-state index in [9.17, 15) is 0 Å². The Morgan fingerprint density at radius 2 is 1.35 bits per heavy atom. The molecule has 0 amide bonds. The Hall–Kier alpha value is -0.876. The molecule has 3 aromatic carbocycles. The first-order chi connectivity index (χ1) is 15.1. The Morgan fingerprint density at radius 1 is 0.735 bits per heavy atom. The first-order valence-electron chi connectivity index (χ1n) is 11.7. The summed E-state index contributed by atoms with van der Waals surface area (Å²) in [6.45, 7) is 14.8. The third-order valence-electron chi connectivity index (χ3n) is 6.66. The second-order valence-corrected chi connectivity index (χ2v) is 17.2. The first kappa shape index (κ1) is 27.7. The minimum atomic E-state index is -0.374. The van der Waals surface area contributed by atoms with E-state index in [1.54, 1.807) is 20.3 Å². The van der Waals surface area contributed by atoms with Crippen molar-refractivity contribution in [3.63, 3.8) is 0 Å². The Bertz CT molecular complexity index is 1200. The van der Waals surface area contributed by atoms with E-state index >= 15 is 0 Å². The summed E-state index contributed by atoms with van der Waals surface area (Å²) in [6.07, 6.45) is 3.69. The summed E-state index contributed by atoms with van der Waals surface area (Å²) >= 11 is -0.374. The molecule has 176 valence electrons. The largest absolute Gasteiger partial charge is 1.00 e. The van der Waals surface area contributed by atoms with Gasteiger partial charge in [-0.15, -0.1) is 0 Å². The second kappa shape index (κ2) is 10.2. The van der Waals surface area contributed by atoms with Gasteiger partial charge in [0.05, 0.1) is 0 Å². The molecule has 0 saturated heterocycles. The predicted octanol–water partition coefficient (Wildman–Crippen LogP) is 2.15. The molecule has 3 aromatic rings. The van der Waals surface area contributed by atoms with Crippen LogP contribution in [-0.2, 0) is 25.6 Å². The van der Waals surface area contributed by atoms with Crippen LogP contribution in [0, 0.1) is 0 Å². The number of allylic oxidation sites excluding steroid dienone is 1. The minimum absolute atomic E-state index is 0. The third-order valence-corrected chi connectivity index (χ3v) is 13.3. The molecule has 0 N–H and O–H groups in total.